The van der Waals surface area contributed by atoms with Gasteiger partial charge >= 0.3 is 0 Å². The van der Waals surface area contributed by atoms with Crippen molar-refractivity contribution in [2.24, 2.45) is 5.92 Å². The van der Waals surface area contributed by atoms with Crippen molar-refractivity contribution in [2.45, 2.75) is 39.2 Å². The second kappa shape index (κ2) is 6.94. The molecule has 21 heavy (non-hydrogen) atoms. The van der Waals surface area contributed by atoms with Crippen molar-refractivity contribution in [1.29, 1.82) is 0 Å². The van der Waals surface area contributed by atoms with Crippen LogP contribution in [-0.2, 0) is 4.79 Å². The first-order valence-electron chi connectivity index (χ1n) is 7.66. The molecule has 2 atom stereocenters. The summed E-state index contributed by atoms with van der Waals surface area (Å²) >= 11 is 0. The summed E-state index contributed by atoms with van der Waals surface area (Å²) in [5, 5.41) is 9.56. The van der Waals surface area contributed by atoms with Gasteiger partial charge in [-0.3, -0.25) is 4.79 Å². The Morgan fingerprint density at radius 3 is 2.52 bits per heavy atom. The summed E-state index contributed by atoms with van der Waals surface area (Å²) in [5.41, 5.74) is 1.26. The second-order valence-electron chi connectivity index (χ2n) is 6.14. The lowest BCUT2D eigenvalue weighted by molar-refractivity contribution is -0.132. The number of amides is 1. The molecule has 2 unspecified atom stereocenters. The number of aliphatic hydroxyl groups is 1. The number of likely N-dealkylation sites (tertiary alicyclic amines) is 1. The van der Waals surface area contributed by atoms with E-state index < -0.39 is 0 Å². The number of aliphatic hydroxyl groups excluding tert-OH is 1. The third-order valence-corrected chi connectivity index (χ3v) is 4.17. The van der Waals surface area contributed by atoms with Gasteiger partial charge in [-0.2, -0.15) is 0 Å². The number of ether oxygens (including phenoxy) is 1. The molecule has 1 fully saturated rings. The Morgan fingerprint density at radius 2 is 2.00 bits per heavy atom. The molecular weight excluding hydrogens is 266 g/mol. The van der Waals surface area contributed by atoms with E-state index in [1.54, 1.807) is 11.8 Å². The monoisotopic (exact) mass is 291 g/mol. The van der Waals surface area contributed by atoms with Gasteiger partial charge in [-0.15, -0.1) is 0 Å². The Morgan fingerprint density at radius 1 is 1.33 bits per heavy atom. The topological polar surface area (TPSA) is 49.8 Å². The third kappa shape index (κ3) is 4.21. The average Bonchev–Trinajstić information content (AvgIpc) is 2.95. The Labute approximate surface area is 126 Å². The van der Waals surface area contributed by atoms with Crippen molar-refractivity contribution in [3.8, 4) is 5.75 Å². The Bertz CT molecular complexity index is 467. The molecule has 0 radical (unpaired) electrons. The van der Waals surface area contributed by atoms with E-state index in [1.165, 1.54) is 5.56 Å². The van der Waals surface area contributed by atoms with E-state index in [1.807, 2.05) is 24.3 Å². The summed E-state index contributed by atoms with van der Waals surface area (Å²) in [6.07, 6.45) is 0.513. The minimum atomic E-state index is -0.354. The van der Waals surface area contributed by atoms with Crippen molar-refractivity contribution in [2.75, 3.05) is 19.7 Å². The van der Waals surface area contributed by atoms with Crippen molar-refractivity contribution in [3.63, 3.8) is 0 Å². The van der Waals surface area contributed by atoms with Crippen LogP contribution in [0.25, 0.3) is 0 Å². The molecule has 1 saturated heterocycles. The van der Waals surface area contributed by atoms with Crippen LogP contribution in [0.3, 0.4) is 0 Å². The molecule has 1 aromatic rings. The van der Waals surface area contributed by atoms with Gasteiger partial charge in [0.1, 0.15) is 5.75 Å². The lowest BCUT2D eigenvalue weighted by Crippen LogP contribution is -2.34. The van der Waals surface area contributed by atoms with Crippen LogP contribution in [0.5, 0.6) is 5.75 Å². The lowest BCUT2D eigenvalue weighted by Gasteiger charge is -2.18. The molecule has 116 valence electrons. The molecule has 0 saturated carbocycles. The van der Waals surface area contributed by atoms with E-state index in [-0.39, 0.29) is 24.5 Å². The molecule has 0 aliphatic carbocycles. The summed E-state index contributed by atoms with van der Waals surface area (Å²) in [5.74, 6) is 1.40. The fraction of sp³-hybridized carbons (Fsp3) is 0.588. The first-order chi connectivity index (χ1) is 9.97. The van der Waals surface area contributed by atoms with Crippen molar-refractivity contribution in [3.05, 3.63) is 29.8 Å². The zero-order chi connectivity index (χ0) is 15.4. The number of rotatable bonds is 5. The molecule has 4 nitrogen and oxygen atoms in total. The van der Waals surface area contributed by atoms with E-state index in [0.717, 1.165) is 12.2 Å². The number of hydrogen-bond acceptors (Lipinski definition) is 3. The summed E-state index contributed by atoms with van der Waals surface area (Å²) in [6.45, 7) is 7.48. The van der Waals surface area contributed by atoms with Gasteiger partial charge in [-0.1, -0.05) is 26.0 Å². The highest BCUT2D eigenvalue weighted by atomic mass is 16.5. The maximum absolute atomic E-state index is 12.1. The van der Waals surface area contributed by atoms with Crippen LogP contribution in [0, 0.1) is 5.92 Å². The van der Waals surface area contributed by atoms with Gasteiger partial charge in [0.15, 0.2) is 6.61 Å². The molecule has 1 aliphatic heterocycles. The van der Waals surface area contributed by atoms with E-state index in [2.05, 4.69) is 13.8 Å². The maximum Gasteiger partial charge on any atom is 0.260 e. The largest absolute Gasteiger partial charge is 0.484 e. The van der Waals surface area contributed by atoms with Gasteiger partial charge < -0.3 is 14.7 Å². The Kier molecular flexibility index (Phi) is 5.23. The van der Waals surface area contributed by atoms with Gasteiger partial charge in [0.2, 0.25) is 0 Å². The minimum Gasteiger partial charge on any atom is -0.484 e. The molecular formula is C17H25NO3. The van der Waals surface area contributed by atoms with E-state index >= 15 is 0 Å². The number of benzene rings is 1. The molecule has 1 amide bonds. The average molecular weight is 291 g/mol. The number of nitrogens with zero attached hydrogens (tertiary/aromatic N) is 1. The molecule has 1 aromatic carbocycles. The Hall–Kier alpha value is -1.55. The van der Waals surface area contributed by atoms with Crippen LogP contribution >= 0.6 is 0 Å². The van der Waals surface area contributed by atoms with Gasteiger partial charge in [0.25, 0.3) is 5.91 Å². The Balaban J connectivity index is 1.81. The van der Waals surface area contributed by atoms with E-state index in [0.29, 0.717) is 19.0 Å². The van der Waals surface area contributed by atoms with Gasteiger partial charge in [-0.05, 0) is 37.0 Å². The minimum absolute atomic E-state index is 0.00825. The normalized spacial score (nSPS) is 19.9. The molecule has 1 aliphatic rings. The fourth-order valence-corrected chi connectivity index (χ4v) is 2.59. The molecule has 2 rings (SSSR count). The summed E-state index contributed by atoms with van der Waals surface area (Å²) < 4.78 is 5.56. The third-order valence-electron chi connectivity index (χ3n) is 4.17. The number of hydrogen-bond donors (Lipinski definition) is 1. The molecule has 4 heteroatoms. The van der Waals surface area contributed by atoms with Crippen LogP contribution in [0.4, 0.5) is 0 Å². The highest BCUT2D eigenvalue weighted by Crippen LogP contribution is 2.21. The quantitative estimate of drug-likeness (QED) is 0.906. The van der Waals surface area contributed by atoms with Gasteiger partial charge in [0.05, 0.1) is 6.10 Å². The zero-order valence-electron chi connectivity index (χ0n) is 13.1. The van der Waals surface area contributed by atoms with Crippen molar-refractivity contribution < 1.29 is 14.6 Å². The van der Waals surface area contributed by atoms with Crippen molar-refractivity contribution >= 4 is 5.91 Å². The van der Waals surface area contributed by atoms with Crippen LogP contribution in [0.1, 0.15) is 38.7 Å². The summed E-state index contributed by atoms with van der Waals surface area (Å²) in [6, 6.07) is 7.88. The molecule has 1 heterocycles. The SMILES string of the molecule is CC(C)c1ccc(OCC(=O)N2CCC(C(C)O)C2)cc1. The zero-order valence-corrected chi connectivity index (χ0v) is 13.1. The number of carbonyl (C=O) groups is 1. The lowest BCUT2D eigenvalue weighted by atomic mass is 10.0. The van der Waals surface area contributed by atoms with Crippen LogP contribution in [-0.4, -0.2) is 41.7 Å². The molecule has 0 spiro atoms. The molecule has 0 aromatic heterocycles. The summed E-state index contributed by atoms with van der Waals surface area (Å²) in [7, 11) is 0. The van der Waals surface area contributed by atoms with Gasteiger partial charge in [-0.25, -0.2) is 0 Å². The highest BCUT2D eigenvalue weighted by molar-refractivity contribution is 5.78. The molecule has 0 bridgehead atoms. The van der Waals surface area contributed by atoms with E-state index in [9.17, 15) is 9.90 Å². The van der Waals surface area contributed by atoms with Crippen LogP contribution < -0.4 is 4.74 Å². The van der Waals surface area contributed by atoms with E-state index in [4.69, 9.17) is 4.74 Å². The van der Waals surface area contributed by atoms with Crippen LogP contribution in [0.15, 0.2) is 24.3 Å². The highest BCUT2D eigenvalue weighted by Gasteiger charge is 2.29. The predicted molar refractivity (Wildman–Crippen MR) is 82.4 cm³/mol. The standard InChI is InChI=1S/C17H25NO3/c1-12(2)14-4-6-16(7-5-14)21-11-17(20)18-9-8-15(10-18)13(3)19/h4-7,12-13,15,19H,8-11H2,1-3H3. The van der Waals surface area contributed by atoms with Crippen molar-refractivity contribution in [1.82, 2.24) is 4.90 Å². The number of carbonyl (C=O) groups excluding carboxylic acids is 1. The summed E-state index contributed by atoms with van der Waals surface area (Å²) in [4.78, 5) is 13.9. The smallest absolute Gasteiger partial charge is 0.260 e. The van der Waals surface area contributed by atoms with Gasteiger partial charge in [0, 0.05) is 19.0 Å². The fourth-order valence-electron chi connectivity index (χ4n) is 2.59. The predicted octanol–water partition coefficient (Wildman–Crippen LogP) is 2.42. The maximum atomic E-state index is 12.1. The first kappa shape index (κ1) is 15.8. The first-order valence-corrected chi connectivity index (χ1v) is 7.66. The van der Waals surface area contributed by atoms with Crippen LogP contribution in [0.2, 0.25) is 0 Å². The second-order valence-corrected chi connectivity index (χ2v) is 6.14. The molecule has 1 N–H and O–H groups in total.